The number of hydrogen-bond donors (Lipinski definition) is 0. The fraction of sp³-hybridized carbons (Fsp3) is 0.0877. The molecule has 1 aromatic heterocycles. The Labute approximate surface area is 364 Å². The third-order valence-corrected chi connectivity index (χ3v) is 19.0. The lowest BCUT2D eigenvalue weighted by Gasteiger charge is -2.32. The zero-order valence-electron chi connectivity index (χ0n) is 35.7. The Hall–Kier alpha value is -6.93. The lowest BCUT2D eigenvalue weighted by atomic mass is 9.91. The molecule has 0 saturated heterocycles. The van der Waals surface area contributed by atoms with Gasteiger partial charge in [-0.2, -0.15) is 0 Å². The maximum Gasteiger partial charge on any atom is 0.159 e. The second-order valence-corrected chi connectivity index (χ2v) is 27.8. The highest BCUT2D eigenvalue weighted by Gasteiger charge is 2.40. The van der Waals surface area contributed by atoms with E-state index in [1.807, 2.05) is 0 Å². The second-order valence-electron chi connectivity index (χ2n) is 18.5. The third kappa shape index (κ3) is 5.35. The van der Waals surface area contributed by atoms with E-state index in [0.29, 0.717) is 0 Å². The molecule has 3 nitrogen and oxygen atoms in total. The van der Waals surface area contributed by atoms with Crippen molar-refractivity contribution in [3.63, 3.8) is 0 Å². The Morgan fingerprint density at radius 2 is 0.903 bits per heavy atom. The van der Waals surface area contributed by atoms with Crippen molar-refractivity contribution in [1.29, 1.82) is 0 Å². The van der Waals surface area contributed by atoms with Gasteiger partial charge in [0, 0.05) is 38.6 Å². The molecule has 0 bridgehead atoms. The number of benzene rings is 10. The lowest BCUT2D eigenvalue weighted by Crippen LogP contribution is -2.50. The predicted molar refractivity (Wildman–Crippen MR) is 272 cm³/mol. The predicted octanol–water partition coefficient (Wildman–Crippen LogP) is 14.8. The smallest absolute Gasteiger partial charge is 0.159 e. The van der Waals surface area contributed by atoms with Crippen LogP contribution in [0.15, 0.2) is 192 Å². The summed E-state index contributed by atoms with van der Waals surface area (Å²) < 4.78 is 7.07. The summed E-state index contributed by atoms with van der Waals surface area (Å²) in [6.07, 6.45) is 0. The Morgan fingerprint density at radius 3 is 1.53 bits per heavy atom. The van der Waals surface area contributed by atoms with Crippen molar-refractivity contribution >= 4 is 120 Å². The summed E-state index contributed by atoms with van der Waals surface area (Å²) in [5.74, 6) is 0. The van der Waals surface area contributed by atoms with Crippen molar-refractivity contribution in [2.24, 2.45) is 0 Å². The molecule has 0 radical (unpaired) electrons. The molecule has 10 aromatic carbocycles. The summed E-state index contributed by atoms with van der Waals surface area (Å²) in [5.41, 5.74) is 11.5. The molecule has 11 aromatic rings. The Kier molecular flexibility index (Phi) is 8.05. The highest BCUT2D eigenvalue weighted by atomic mass is 28.3. The summed E-state index contributed by atoms with van der Waals surface area (Å²) in [4.78, 5) is 4.96. The Balaban J connectivity index is 1.12. The van der Waals surface area contributed by atoms with Gasteiger partial charge in [-0.15, -0.1) is 0 Å². The molecule has 0 fully saturated rings. The number of rotatable bonds is 7. The molecule has 12 rings (SSSR count). The first-order valence-electron chi connectivity index (χ1n) is 21.8. The fourth-order valence-corrected chi connectivity index (χ4v) is 15.6. The minimum absolute atomic E-state index is 0.910. The first kappa shape index (κ1) is 36.9. The van der Waals surface area contributed by atoms with Crippen LogP contribution in [0.1, 0.15) is 0 Å². The monoisotopic (exact) mass is 830 g/mol. The van der Waals surface area contributed by atoms with E-state index in [2.05, 4.69) is 231 Å². The fourth-order valence-electron chi connectivity index (χ4n) is 10.7. The molecular formula is C57H46N2OSi2. The largest absolute Gasteiger partial charge is 0.454 e. The molecular weight excluding hydrogens is 785 g/mol. The van der Waals surface area contributed by atoms with Gasteiger partial charge in [-0.25, -0.2) is 0 Å². The van der Waals surface area contributed by atoms with Crippen LogP contribution in [0.25, 0.3) is 65.4 Å². The number of furan rings is 1. The average Bonchev–Trinajstić information content (AvgIpc) is 3.80. The molecule has 0 aliphatic carbocycles. The normalized spacial score (nSPS) is 13.4. The molecule has 5 heteroatoms. The van der Waals surface area contributed by atoms with Gasteiger partial charge in [0.15, 0.2) is 5.58 Å². The zero-order chi connectivity index (χ0) is 41.9. The summed E-state index contributed by atoms with van der Waals surface area (Å²) in [6, 6.07) is 69.7. The van der Waals surface area contributed by atoms with E-state index in [9.17, 15) is 0 Å². The van der Waals surface area contributed by atoms with E-state index < -0.39 is 16.1 Å². The van der Waals surface area contributed by atoms with Crippen molar-refractivity contribution in [1.82, 2.24) is 0 Å². The molecule has 0 amide bonds. The summed E-state index contributed by atoms with van der Waals surface area (Å²) in [6.45, 7) is 12.2. The number of hydrogen-bond acceptors (Lipinski definition) is 3. The van der Waals surface area contributed by atoms with Gasteiger partial charge >= 0.3 is 0 Å². The van der Waals surface area contributed by atoms with Crippen LogP contribution in [0.3, 0.4) is 0 Å². The number of nitrogens with zero attached hydrogens (tertiary/aromatic N) is 2. The zero-order valence-corrected chi connectivity index (χ0v) is 37.7. The highest BCUT2D eigenvalue weighted by molar-refractivity contribution is 7.04. The van der Waals surface area contributed by atoms with Crippen LogP contribution < -0.4 is 25.4 Å². The Bertz CT molecular complexity index is 3550. The average molecular weight is 831 g/mol. The van der Waals surface area contributed by atoms with Crippen LogP contribution >= 0.6 is 0 Å². The molecule has 1 aliphatic rings. The van der Waals surface area contributed by atoms with E-state index in [1.54, 1.807) is 0 Å². The van der Waals surface area contributed by atoms with E-state index >= 15 is 0 Å². The van der Waals surface area contributed by atoms with E-state index in [-0.39, 0.29) is 0 Å². The van der Waals surface area contributed by atoms with Crippen LogP contribution in [0.5, 0.6) is 0 Å². The summed E-state index contributed by atoms with van der Waals surface area (Å²) in [7, 11) is -3.77. The van der Waals surface area contributed by atoms with Gasteiger partial charge < -0.3 is 14.2 Å². The van der Waals surface area contributed by atoms with Crippen LogP contribution in [-0.4, -0.2) is 16.1 Å². The second kappa shape index (κ2) is 13.5. The maximum atomic E-state index is 7.07. The van der Waals surface area contributed by atoms with Gasteiger partial charge in [0.1, 0.15) is 13.7 Å². The summed E-state index contributed by atoms with van der Waals surface area (Å²) in [5, 5.41) is 14.1. The molecule has 298 valence electrons. The van der Waals surface area contributed by atoms with Crippen molar-refractivity contribution < 1.29 is 4.42 Å². The van der Waals surface area contributed by atoms with Crippen molar-refractivity contribution in [3.8, 4) is 11.1 Å². The van der Waals surface area contributed by atoms with Gasteiger partial charge in [-0.3, -0.25) is 0 Å². The standard InChI is InChI=1S/C57H46N2OSi2/c1-61(2,3)52-28-16-23-43-42-22-14-25-49(55(42)60-56(43)52)58(39-17-8-6-9-18-39)47-35-31-37-30-34-46-48(36-32-38-29-33-45(47)53(37)54(38)46)59(40-19-10-7-11-20-40)50-26-15-24-44-41-21-12-13-27-51(41)62(4,5)57(44)50/h6-36H,1-5H3. The third-order valence-electron chi connectivity index (χ3n) is 13.5. The van der Waals surface area contributed by atoms with Gasteiger partial charge in [0.2, 0.25) is 0 Å². The van der Waals surface area contributed by atoms with Crippen LogP contribution in [0.4, 0.5) is 34.1 Å². The van der Waals surface area contributed by atoms with Crippen LogP contribution in [-0.2, 0) is 0 Å². The lowest BCUT2D eigenvalue weighted by molar-refractivity contribution is 0.671. The number of fused-ring (bicyclic) bond motifs is 6. The molecule has 0 spiro atoms. The van der Waals surface area contributed by atoms with Gasteiger partial charge in [0.05, 0.1) is 25.1 Å². The molecule has 1 aliphatic heterocycles. The quantitative estimate of drug-likeness (QED) is 0.118. The van der Waals surface area contributed by atoms with Gasteiger partial charge in [-0.1, -0.05) is 172 Å². The topological polar surface area (TPSA) is 19.6 Å². The minimum Gasteiger partial charge on any atom is -0.454 e. The van der Waals surface area contributed by atoms with Crippen molar-refractivity contribution in [3.05, 3.63) is 188 Å². The summed E-state index contributed by atoms with van der Waals surface area (Å²) >= 11 is 0. The maximum absolute atomic E-state index is 7.07. The minimum atomic E-state index is -2.07. The molecule has 0 unspecified atom stereocenters. The first-order chi connectivity index (χ1) is 30.2. The number of para-hydroxylation sites is 4. The molecule has 62 heavy (non-hydrogen) atoms. The van der Waals surface area contributed by atoms with Crippen LogP contribution in [0.2, 0.25) is 32.7 Å². The van der Waals surface area contributed by atoms with Crippen LogP contribution in [0, 0.1) is 0 Å². The van der Waals surface area contributed by atoms with E-state index in [1.165, 1.54) is 75.8 Å². The van der Waals surface area contributed by atoms with E-state index in [4.69, 9.17) is 4.42 Å². The van der Waals surface area contributed by atoms with Gasteiger partial charge in [-0.05, 0) is 96.8 Å². The first-order valence-corrected chi connectivity index (χ1v) is 28.3. The molecule has 0 N–H and O–H groups in total. The highest BCUT2D eigenvalue weighted by Crippen LogP contribution is 2.49. The SMILES string of the molecule is C[Si](C)(C)c1cccc2c1oc1c(N(c3ccccc3)c3ccc4ccc5c(N(c6ccccc6)c6cccc7c6[Si](C)(C)c6ccccc6-7)ccc6ccc3c4c65)cccc12. The Morgan fingerprint density at radius 1 is 0.403 bits per heavy atom. The van der Waals surface area contributed by atoms with E-state index in [0.717, 1.165) is 39.3 Å². The van der Waals surface area contributed by atoms with Crippen molar-refractivity contribution in [2.75, 3.05) is 9.80 Å². The van der Waals surface area contributed by atoms with Crippen molar-refractivity contribution in [2.45, 2.75) is 32.7 Å². The molecule has 0 atom stereocenters. The molecule has 0 saturated carbocycles. The van der Waals surface area contributed by atoms with Gasteiger partial charge in [0.25, 0.3) is 0 Å². The number of anilines is 6. The molecule has 2 heterocycles.